The molecular weight excluding hydrogens is 226 g/mol. The lowest BCUT2D eigenvalue weighted by Gasteiger charge is -2.32. The molecule has 2 fully saturated rings. The van der Waals surface area contributed by atoms with Gasteiger partial charge in [0.05, 0.1) is 11.9 Å². The van der Waals surface area contributed by atoms with Gasteiger partial charge in [-0.1, -0.05) is 6.92 Å². The first-order valence-electron chi connectivity index (χ1n) is 5.92. The first-order chi connectivity index (χ1) is 7.36. The maximum atomic E-state index is 11.4. The van der Waals surface area contributed by atoms with Crippen molar-refractivity contribution >= 4 is 15.6 Å². The van der Waals surface area contributed by atoms with Crippen LogP contribution in [0.4, 0.5) is 0 Å². The molecule has 0 saturated heterocycles. The summed E-state index contributed by atoms with van der Waals surface area (Å²) in [6.45, 7) is 3.53. The third kappa shape index (κ3) is 1.60. The zero-order chi connectivity index (χ0) is 12.1. The zero-order valence-corrected chi connectivity index (χ0v) is 11.1. The summed E-state index contributed by atoms with van der Waals surface area (Å²) in [6.07, 6.45) is 0.793. The van der Waals surface area contributed by atoms with Gasteiger partial charge in [-0.3, -0.25) is 0 Å². The number of aliphatic hydroxyl groups excluding tert-OH is 1. The topological polar surface area (TPSA) is 66.8 Å². The predicted molar refractivity (Wildman–Crippen MR) is 65.3 cm³/mol. The molecule has 0 aromatic rings. The fourth-order valence-corrected chi connectivity index (χ4v) is 3.55. The molecule has 2 saturated carbocycles. The average Bonchev–Trinajstić information content (AvgIpc) is 2.95. The van der Waals surface area contributed by atoms with Gasteiger partial charge in [-0.15, -0.1) is 0 Å². The number of hydrogen-bond donors (Lipinski definition) is 2. The molecule has 2 N–H and O–H groups in total. The van der Waals surface area contributed by atoms with Gasteiger partial charge < -0.3 is 19.5 Å². The van der Waals surface area contributed by atoms with Gasteiger partial charge in [0.1, 0.15) is 27.4 Å². The molecule has 16 heavy (non-hydrogen) atoms. The van der Waals surface area contributed by atoms with Crippen molar-refractivity contribution in [2.45, 2.75) is 43.4 Å². The van der Waals surface area contributed by atoms with Crippen molar-refractivity contribution in [1.82, 2.24) is 0 Å². The molecule has 0 heterocycles. The monoisotopic (exact) mass is 246 g/mol. The van der Waals surface area contributed by atoms with Crippen molar-refractivity contribution in [3.8, 4) is 0 Å². The number of rotatable bonds is 4. The molecule has 4 nitrogen and oxygen atoms in total. The molecule has 6 atom stereocenters. The average molecular weight is 246 g/mol. The van der Waals surface area contributed by atoms with Gasteiger partial charge in [-0.2, -0.15) is 0 Å². The molecule has 2 aliphatic carbocycles. The van der Waals surface area contributed by atoms with Gasteiger partial charge in [-0.05, 0) is 31.2 Å². The Kier molecular flexibility index (Phi) is 3.03. The van der Waals surface area contributed by atoms with E-state index in [1.807, 2.05) is 14.8 Å². The van der Waals surface area contributed by atoms with Gasteiger partial charge in [0.2, 0.25) is 0 Å². The normalized spacial score (nSPS) is 52.4. The highest BCUT2D eigenvalue weighted by Crippen LogP contribution is 2.66. The minimum Gasteiger partial charge on any atom is -0.388 e. The third-order valence-corrected chi connectivity index (χ3v) is 5.70. The fourth-order valence-electron chi connectivity index (χ4n) is 2.91. The van der Waals surface area contributed by atoms with Crippen LogP contribution in [0.15, 0.2) is 0 Å². The predicted octanol–water partition coefficient (Wildman–Crippen LogP) is -0.154. The molecule has 0 amide bonds. The second-order valence-corrected chi connectivity index (χ2v) is 7.44. The summed E-state index contributed by atoms with van der Waals surface area (Å²) in [4.78, 5) is 0. The van der Waals surface area contributed by atoms with Crippen LogP contribution < -0.4 is 0 Å². The van der Waals surface area contributed by atoms with Crippen LogP contribution in [0, 0.1) is 5.92 Å². The Hall–Kier alpha value is 0.175. The van der Waals surface area contributed by atoms with Crippen LogP contribution in [0.25, 0.3) is 0 Å². The Labute approximate surface area is 97.6 Å². The van der Waals surface area contributed by atoms with Crippen LogP contribution in [-0.2, 0) is 9.30 Å². The van der Waals surface area contributed by atoms with Gasteiger partial charge in [0.15, 0.2) is 0 Å². The molecule has 6 heteroatoms. The highest BCUT2D eigenvalue weighted by atomic mass is 31.1. The van der Waals surface area contributed by atoms with E-state index in [9.17, 15) is 14.8 Å². The second-order valence-electron chi connectivity index (χ2n) is 5.36. The fraction of sp³-hybridized carbons (Fsp3) is 1.00. The molecule has 0 aliphatic heterocycles. The minimum absolute atomic E-state index is 0.0338. The number of fused-ring (bicyclic) bond motifs is 1. The third-order valence-electron chi connectivity index (χ3n) is 4.44. The standard InChI is InChI=1S/C10H20BO4P/c1-3-16(14)5-15-10-4-6(10)7(11)9(2,13)8(10)12/h6-8,12-13,16H,3-5,11H2,1-2H3/t6-,7-,8+,9+,10?/m1/s1. The van der Waals surface area contributed by atoms with E-state index in [1.54, 1.807) is 6.92 Å². The largest absolute Gasteiger partial charge is 0.388 e. The summed E-state index contributed by atoms with van der Waals surface area (Å²) in [5.41, 5.74) is -1.69. The Morgan fingerprint density at radius 1 is 1.62 bits per heavy atom. The summed E-state index contributed by atoms with van der Waals surface area (Å²) in [6, 6.07) is 0. The lowest BCUT2D eigenvalue weighted by Crippen LogP contribution is -2.46. The van der Waals surface area contributed by atoms with E-state index in [0.29, 0.717) is 6.16 Å². The highest BCUT2D eigenvalue weighted by Gasteiger charge is 2.74. The van der Waals surface area contributed by atoms with E-state index >= 15 is 0 Å². The van der Waals surface area contributed by atoms with Gasteiger partial charge in [0.25, 0.3) is 0 Å². The molecule has 0 bridgehead atoms. The Morgan fingerprint density at radius 2 is 2.25 bits per heavy atom. The van der Waals surface area contributed by atoms with E-state index in [2.05, 4.69) is 0 Å². The summed E-state index contributed by atoms with van der Waals surface area (Å²) in [5, 5.41) is 20.2. The summed E-state index contributed by atoms with van der Waals surface area (Å²) in [5.74, 6) is 0.246. The van der Waals surface area contributed by atoms with Crippen molar-refractivity contribution in [2.75, 3.05) is 12.5 Å². The Balaban J connectivity index is 2.04. The number of ether oxygens (including phenoxy) is 1. The molecule has 2 aliphatic rings. The minimum atomic E-state index is -1.67. The molecule has 0 spiro atoms. The molecule has 0 aromatic carbocycles. The van der Waals surface area contributed by atoms with Crippen molar-refractivity contribution < 1.29 is 19.5 Å². The van der Waals surface area contributed by atoms with E-state index in [0.717, 1.165) is 6.42 Å². The van der Waals surface area contributed by atoms with E-state index in [4.69, 9.17) is 4.74 Å². The molecule has 0 radical (unpaired) electrons. The van der Waals surface area contributed by atoms with Crippen LogP contribution in [0.5, 0.6) is 0 Å². The summed E-state index contributed by atoms with van der Waals surface area (Å²) < 4.78 is 17.1. The molecule has 2 unspecified atom stereocenters. The summed E-state index contributed by atoms with van der Waals surface area (Å²) in [7, 11) is 0.270. The van der Waals surface area contributed by atoms with Crippen molar-refractivity contribution in [3.63, 3.8) is 0 Å². The molecule has 0 aromatic heterocycles. The van der Waals surface area contributed by atoms with E-state index in [-0.39, 0.29) is 18.1 Å². The lowest BCUT2D eigenvalue weighted by molar-refractivity contribution is -0.115. The summed E-state index contributed by atoms with van der Waals surface area (Å²) >= 11 is 0. The van der Waals surface area contributed by atoms with Crippen LogP contribution >= 0.6 is 7.80 Å². The zero-order valence-electron chi connectivity index (χ0n) is 10.1. The second kappa shape index (κ2) is 3.84. The lowest BCUT2D eigenvalue weighted by atomic mass is 9.73. The Morgan fingerprint density at radius 3 is 2.69 bits per heavy atom. The molecular formula is C10H20BO4P. The van der Waals surface area contributed by atoms with Crippen LogP contribution in [0.1, 0.15) is 20.3 Å². The maximum Gasteiger partial charge on any atom is 0.111 e. The van der Waals surface area contributed by atoms with E-state index < -0.39 is 25.1 Å². The van der Waals surface area contributed by atoms with E-state index in [1.165, 1.54) is 0 Å². The SMILES string of the molecule is B[C@@H]1[C@H]2CC2(OC[PH](=O)CC)[C@@H](O)[C@@]1(C)O. The maximum absolute atomic E-state index is 11.4. The molecule has 2 rings (SSSR count). The quantitative estimate of drug-likeness (QED) is 0.534. The Bertz CT molecular complexity index is 322. The van der Waals surface area contributed by atoms with Crippen molar-refractivity contribution in [2.24, 2.45) is 5.92 Å². The van der Waals surface area contributed by atoms with Crippen LogP contribution in [0.3, 0.4) is 0 Å². The van der Waals surface area contributed by atoms with Crippen LogP contribution in [0.2, 0.25) is 5.82 Å². The van der Waals surface area contributed by atoms with Crippen molar-refractivity contribution in [3.05, 3.63) is 0 Å². The first-order valence-corrected chi connectivity index (χ1v) is 7.74. The smallest absolute Gasteiger partial charge is 0.111 e. The van der Waals surface area contributed by atoms with Gasteiger partial charge >= 0.3 is 0 Å². The number of hydrogen-bond acceptors (Lipinski definition) is 4. The highest BCUT2D eigenvalue weighted by molar-refractivity contribution is 7.44. The van der Waals surface area contributed by atoms with Crippen LogP contribution in [-0.4, -0.2) is 47.9 Å². The van der Waals surface area contributed by atoms with Gasteiger partial charge in [0, 0.05) is 0 Å². The van der Waals surface area contributed by atoms with Crippen molar-refractivity contribution in [1.29, 1.82) is 0 Å². The first kappa shape index (κ1) is 12.6. The molecule has 92 valence electrons. The number of aliphatic hydroxyl groups is 2. The van der Waals surface area contributed by atoms with Gasteiger partial charge in [-0.25, -0.2) is 0 Å².